The second-order valence-electron chi connectivity index (χ2n) is 6.07. The molecule has 4 heteroatoms. The quantitative estimate of drug-likeness (QED) is 0.820. The smallest absolute Gasteiger partial charge is 0.174 e. The first-order valence-corrected chi connectivity index (χ1v) is 8.54. The van der Waals surface area contributed by atoms with E-state index in [-0.39, 0.29) is 0 Å². The molecule has 0 heterocycles. The van der Waals surface area contributed by atoms with E-state index < -0.39 is 0 Å². The highest BCUT2D eigenvalue weighted by molar-refractivity contribution is 9.10. The van der Waals surface area contributed by atoms with E-state index in [4.69, 9.17) is 9.47 Å². The molecule has 1 saturated carbocycles. The minimum atomic E-state index is 0.752. The Morgan fingerprint density at radius 1 is 1.14 bits per heavy atom. The molecule has 0 saturated heterocycles. The van der Waals surface area contributed by atoms with Crippen LogP contribution >= 0.6 is 15.9 Å². The Balaban J connectivity index is 1.87. The first-order chi connectivity index (χ1) is 10.1. The number of benzene rings is 1. The summed E-state index contributed by atoms with van der Waals surface area (Å²) in [6.45, 7) is 4.34. The van der Waals surface area contributed by atoms with Gasteiger partial charge in [0.05, 0.1) is 18.7 Å². The van der Waals surface area contributed by atoms with Crippen molar-refractivity contribution in [2.24, 2.45) is 11.8 Å². The Morgan fingerprint density at radius 3 is 2.48 bits per heavy atom. The zero-order valence-electron chi connectivity index (χ0n) is 13.2. The average molecular weight is 356 g/mol. The zero-order chi connectivity index (χ0) is 15.2. The maximum absolute atomic E-state index is 5.38. The molecule has 3 nitrogen and oxygen atoms in total. The van der Waals surface area contributed by atoms with Crippen molar-refractivity contribution in [1.82, 2.24) is 5.32 Å². The fourth-order valence-corrected chi connectivity index (χ4v) is 3.68. The molecule has 0 aliphatic heterocycles. The molecule has 0 bridgehead atoms. The highest BCUT2D eigenvalue weighted by atomic mass is 79.9. The number of hydrogen-bond donors (Lipinski definition) is 1. The van der Waals surface area contributed by atoms with E-state index in [0.29, 0.717) is 0 Å². The summed E-state index contributed by atoms with van der Waals surface area (Å²) in [4.78, 5) is 0. The second-order valence-corrected chi connectivity index (χ2v) is 6.92. The van der Waals surface area contributed by atoms with E-state index in [2.05, 4.69) is 34.2 Å². The van der Waals surface area contributed by atoms with Crippen LogP contribution < -0.4 is 14.8 Å². The molecular formula is C17H26BrNO2. The van der Waals surface area contributed by atoms with Crippen molar-refractivity contribution in [2.75, 3.05) is 20.8 Å². The van der Waals surface area contributed by atoms with Gasteiger partial charge in [-0.05, 0) is 64.8 Å². The maximum atomic E-state index is 5.38. The lowest BCUT2D eigenvalue weighted by molar-refractivity contribution is 0.281. The molecule has 1 aromatic rings. The van der Waals surface area contributed by atoms with Gasteiger partial charge in [-0.1, -0.05) is 19.8 Å². The summed E-state index contributed by atoms with van der Waals surface area (Å²) < 4.78 is 11.7. The highest BCUT2D eigenvalue weighted by Crippen LogP contribution is 2.36. The second kappa shape index (κ2) is 8.04. The highest BCUT2D eigenvalue weighted by Gasteiger charge is 2.17. The number of rotatable bonds is 6. The summed E-state index contributed by atoms with van der Waals surface area (Å²) in [6.07, 6.45) is 5.50. The standard InChI is InChI=1S/C17H26BrNO2/c1-12-4-6-13(7-5-12)10-19-11-14-8-15(18)17(21-3)16(9-14)20-2/h8-9,12-13,19H,4-7,10-11H2,1-3H3. The molecule has 2 rings (SSSR count). The number of methoxy groups -OCH3 is 2. The third-order valence-corrected chi connectivity index (χ3v) is 4.98. The van der Waals surface area contributed by atoms with E-state index >= 15 is 0 Å². The van der Waals surface area contributed by atoms with Crippen molar-refractivity contribution < 1.29 is 9.47 Å². The Labute approximate surface area is 136 Å². The Morgan fingerprint density at radius 2 is 1.86 bits per heavy atom. The third-order valence-electron chi connectivity index (χ3n) is 4.39. The van der Waals surface area contributed by atoms with Crippen LogP contribution in [0.25, 0.3) is 0 Å². The van der Waals surface area contributed by atoms with Gasteiger partial charge in [-0.2, -0.15) is 0 Å². The molecule has 1 N–H and O–H groups in total. The number of hydrogen-bond acceptors (Lipinski definition) is 3. The predicted molar refractivity (Wildman–Crippen MR) is 90.1 cm³/mol. The lowest BCUT2D eigenvalue weighted by atomic mass is 9.83. The Bertz CT molecular complexity index is 456. The van der Waals surface area contributed by atoms with Gasteiger partial charge in [0.2, 0.25) is 0 Å². The van der Waals surface area contributed by atoms with Gasteiger partial charge in [0.15, 0.2) is 11.5 Å². The van der Waals surface area contributed by atoms with Gasteiger partial charge in [-0.15, -0.1) is 0 Å². The summed E-state index contributed by atoms with van der Waals surface area (Å²) in [5.74, 6) is 3.28. The molecule has 118 valence electrons. The van der Waals surface area contributed by atoms with E-state index in [0.717, 1.165) is 40.9 Å². The van der Waals surface area contributed by atoms with Crippen LogP contribution in [-0.4, -0.2) is 20.8 Å². The SMILES string of the molecule is COc1cc(CNCC2CCC(C)CC2)cc(Br)c1OC. The van der Waals surface area contributed by atoms with Crippen molar-refractivity contribution >= 4 is 15.9 Å². The zero-order valence-corrected chi connectivity index (χ0v) is 14.8. The van der Waals surface area contributed by atoms with E-state index in [1.165, 1.54) is 31.2 Å². The fraction of sp³-hybridized carbons (Fsp3) is 0.647. The van der Waals surface area contributed by atoms with Crippen LogP contribution in [0.5, 0.6) is 11.5 Å². The van der Waals surface area contributed by atoms with E-state index in [9.17, 15) is 0 Å². The summed E-state index contributed by atoms with van der Waals surface area (Å²) in [6, 6.07) is 4.14. The molecular weight excluding hydrogens is 330 g/mol. The van der Waals surface area contributed by atoms with Crippen molar-refractivity contribution in [3.63, 3.8) is 0 Å². The van der Waals surface area contributed by atoms with Crippen LogP contribution in [0.3, 0.4) is 0 Å². The van der Waals surface area contributed by atoms with Crippen LogP contribution in [0.4, 0.5) is 0 Å². The van der Waals surface area contributed by atoms with Crippen LogP contribution in [0.15, 0.2) is 16.6 Å². The van der Waals surface area contributed by atoms with Gasteiger partial charge < -0.3 is 14.8 Å². The van der Waals surface area contributed by atoms with Crippen LogP contribution in [-0.2, 0) is 6.54 Å². The van der Waals surface area contributed by atoms with Gasteiger partial charge in [0.25, 0.3) is 0 Å². The summed E-state index contributed by atoms with van der Waals surface area (Å²) >= 11 is 3.54. The normalized spacial score (nSPS) is 22.1. The molecule has 21 heavy (non-hydrogen) atoms. The van der Waals surface area contributed by atoms with E-state index in [1.54, 1.807) is 14.2 Å². The molecule has 1 aromatic carbocycles. The lowest BCUT2D eigenvalue weighted by Gasteiger charge is -2.26. The number of nitrogens with one attached hydrogen (secondary N) is 1. The maximum Gasteiger partial charge on any atom is 0.174 e. The largest absolute Gasteiger partial charge is 0.493 e. The Hall–Kier alpha value is -0.740. The fourth-order valence-electron chi connectivity index (χ4n) is 3.03. The number of halogens is 1. The van der Waals surface area contributed by atoms with Crippen molar-refractivity contribution in [3.8, 4) is 11.5 Å². The van der Waals surface area contributed by atoms with Gasteiger partial charge in [0, 0.05) is 6.54 Å². The molecule has 1 fully saturated rings. The molecule has 0 aromatic heterocycles. The topological polar surface area (TPSA) is 30.5 Å². The number of ether oxygens (including phenoxy) is 2. The average Bonchev–Trinajstić information content (AvgIpc) is 2.48. The van der Waals surface area contributed by atoms with Crippen molar-refractivity contribution in [3.05, 3.63) is 22.2 Å². The van der Waals surface area contributed by atoms with Crippen LogP contribution in [0.2, 0.25) is 0 Å². The van der Waals surface area contributed by atoms with Crippen molar-refractivity contribution in [1.29, 1.82) is 0 Å². The third kappa shape index (κ3) is 4.62. The van der Waals surface area contributed by atoms with E-state index in [1.807, 2.05) is 6.07 Å². The van der Waals surface area contributed by atoms with Crippen LogP contribution in [0.1, 0.15) is 38.2 Å². The summed E-state index contributed by atoms with van der Waals surface area (Å²) in [5.41, 5.74) is 1.21. The van der Waals surface area contributed by atoms with Gasteiger partial charge >= 0.3 is 0 Å². The molecule has 0 radical (unpaired) electrons. The first kappa shape index (κ1) is 16.6. The monoisotopic (exact) mass is 355 g/mol. The minimum absolute atomic E-state index is 0.752. The predicted octanol–water partition coefficient (Wildman–Crippen LogP) is 4.38. The molecule has 0 unspecified atom stereocenters. The molecule has 0 atom stereocenters. The minimum Gasteiger partial charge on any atom is -0.493 e. The lowest BCUT2D eigenvalue weighted by Crippen LogP contribution is -2.25. The van der Waals surface area contributed by atoms with Gasteiger partial charge in [-0.3, -0.25) is 0 Å². The first-order valence-electron chi connectivity index (χ1n) is 7.75. The summed E-state index contributed by atoms with van der Waals surface area (Å²) in [7, 11) is 3.33. The molecule has 0 spiro atoms. The van der Waals surface area contributed by atoms with Crippen LogP contribution in [0, 0.1) is 11.8 Å². The van der Waals surface area contributed by atoms with Gasteiger partial charge in [-0.25, -0.2) is 0 Å². The Kier molecular flexibility index (Phi) is 6.37. The molecule has 1 aliphatic carbocycles. The van der Waals surface area contributed by atoms with Crippen molar-refractivity contribution in [2.45, 2.75) is 39.2 Å². The van der Waals surface area contributed by atoms with Gasteiger partial charge in [0.1, 0.15) is 0 Å². The molecule has 0 amide bonds. The summed E-state index contributed by atoms with van der Waals surface area (Å²) in [5, 5.41) is 3.59. The molecule has 1 aliphatic rings.